The maximum atomic E-state index is 9.96. The maximum absolute atomic E-state index is 9.96. The summed E-state index contributed by atoms with van der Waals surface area (Å²) in [6.07, 6.45) is 0. The molecular weight excluding hydrogens is 585 g/mol. The first-order valence-corrected chi connectivity index (χ1v) is 15.9. The van der Waals surface area contributed by atoms with Gasteiger partial charge in [-0.1, -0.05) is 109 Å². The highest BCUT2D eigenvalue weighted by Crippen LogP contribution is 2.39. The van der Waals surface area contributed by atoms with Gasteiger partial charge >= 0.3 is 0 Å². The van der Waals surface area contributed by atoms with Crippen molar-refractivity contribution in [1.29, 1.82) is 5.26 Å². The molecule has 0 fully saturated rings. The van der Waals surface area contributed by atoms with Crippen LogP contribution >= 0.6 is 0 Å². The summed E-state index contributed by atoms with van der Waals surface area (Å²) in [5, 5.41) is 14.4. The highest BCUT2D eigenvalue weighted by molar-refractivity contribution is 6.12. The summed E-state index contributed by atoms with van der Waals surface area (Å²) in [6.45, 7) is 7.77. The van der Waals surface area contributed by atoms with Gasteiger partial charge in [0.05, 0.1) is 40.3 Å². The first-order chi connectivity index (χ1) is 23.7. The van der Waals surface area contributed by atoms with Gasteiger partial charge < -0.3 is 9.13 Å². The third-order valence-corrected chi connectivity index (χ3v) is 9.40. The molecule has 0 radical (unpaired) electrons. The van der Waals surface area contributed by atoms with Crippen molar-refractivity contribution >= 4 is 49.3 Å². The van der Waals surface area contributed by atoms with Crippen LogP contribution in [0, 0.1) is 17.9 Å². The molecular formula is C44H26N4. The van der Waals surface area contributed by atoms with E-state index in [1.807, 2.05) is 42.5 Å². The van der Waals surface area contributed by atoms with Gasteiger partial charge in [-0.25, -0.2) is 4.85 Å². The number of hydrogen-bond donors (Lipinski definition) is 0. The van der Waals surface area contributed by atoms with Crippen LogP contribution in [-0.2, 0) is 0 Å². The second-order valence-corrected chi connectivity index (χ2v) is 12.0. The predicted octanol–water partition coefficient (Wildman–Crippen LogP) is 11.6. The van der Waals surface area contributed by atoms with Crippen LogP contribution in [0.4, 0.5) is 5.69 Å². The second kappa shape index (κ2) is 10.9. The van der Waals surface area contributed by atoms with Gasteiger partial charge in [-0.05, 0) is 65.2 Å². The molecule has 0 atom stereocenters. The Labute approximate surface area is 277 Å². The summed E-state index contributed by atoms with van der Waals surface area (Å²) in [5.41, 5.74) is 11.9. The number of nitrogens with zero attached hydrogens (tertiary/aromatic N) is 4. The van der Waals surface area contributed by atoms with E-state index >= 15 is 0 Å². The van der Waals surface area contributed by atoms with Gasteiger partial charge in [0, 0.05) is 38.5 Å². The van der Waals surface area contributed by atoms with Crippen LogP contribution in [0.3, 0.4) is 0 Å². The Morgan fingerprint density at radius 1 is 0.500 bits per heavy atom. The molecule has 0 amide bonds. The van der Waals surface area contributed by atoms with Crippen molar-refractivity contribution < 1.29 is 0 Å². The van der Waals surface area contributed by atoms with Crippen molar-refractivity contribution in [3.05, 3.63) is 175 Å². The lowest BCUT2D eigenvalue weighted by Crippen LogP contribution is -1.97. The van der Waals surface area contributed by atoms with Crippen molar-refractivity contribution in [2.24, 2.45) is 0 Å². The fraction of sp³-hybridized carbons (Fsp3) is 0. The molecule has 0 unspecified atom stereocenters. The Kier molecular flexibility index (Phi) is 6.22. The molecule has 0 aliphatic carbocycles. The average Bonchev–Trinajstić information content (AvgIpc) is 3.68. The Bertz CT molecular complexity index is 2730. The van der Waals surface area contributed by atoms with Gasteiger partial charge in [0.15, 0.2) is 5.69 Å². The van der Waals surface area contributed by atoms with Gasteiger partial charge in [0.1, 0.15) is 0 Å². The van der Waals surface area contributed by atoms with E-state index in [9.17, 15) is 5.26 Å². The molecule has 48 heavy (non-hydrogen) atoms. The largest absolute Gasteiger partial charge is 0.310 e. The van der Waals surface area contributed by atoms with Crippen LogP contribution in [0.15, 0.2) is 158 Å². The quantitative estimate of drug-likeness (QED) is 0.183. The molecule has 9 aromatic rings. The zero-order chi connectivity index (χ0) is 32.2. The molecule has 0 aliphatic heterocycles. The van der Waals surface area contributed by atoms with E-state index in [4.69, 9.17) is 6.57 Å². The first kappa shape index (κ1) is 27.4. The van der Waals surface area contributed by atoms with Crippen LogP contribution in [-0.4, -0.2) is 9.13 Å². The molecule has 0 spiro atoms. The molecule has 4 nitrogen and oxygen atoms in total. The number of aromatic nitrogens is 2. The fourth-order valence-corrected chi connectivity index (χ4v) is 7.24. The van der Waals surface area contributed by atoms with Crippen LogP contribution in [0.1, 0.15) is 5.56 Å². The number of nitriles is 1. The number of hydrogen-bond acceptors (Lipinski definition) is 1. The Morgan fingerprint density at radius 2 is 1.04 bits per heavy atom. The minimum Gasteiger partial charge on any atom is -0.310 e. The summed E-state index contributed by atoms with van der Waals surface area (Å²) >= 11 is 0. The topological polar surface area (TPSA) is 38.0 Å². The van der Waals surface area contributed by atoms with Gasteiger partial charge in [-0.15, -0.1) is 0 Å². The zero-order valence-electron chi connectivity index (χ0n) is 25.8. The Hall–Kier alpha value is -6.88. The molecule has 222 valence electrons. The lowest BCUT2D eigenvalue weighted by atomic mass is 9.98. The minimum atomic E-state index is 0.566. The molecule has 0 saturated heterocycles. The second-order valence-electron chi connectivity index (χ2n) is 12.0. The van der Waals surface area contributed by atoms with Crippen molar-refractivity contribution in [3.63, 3.8) is 0 Å². The lowest BCUT2D eigenvalue weighted by molar-refractivity contribution is 1.18. The van der Waals surface area contributed by atoms with Crippen molar-refractivity contribution in [2.45, 2.75) is 0 Å². The van der Waals surface area contributed by atoms with E-state index < -0.39 is 0 Å². The van der Waals surface area contributed by atoms with Crippen molar-refractivity contribution in [3.8, 4) is 39.7 Å². The van der Waals surface area contributed by atoms with Crippen molar-refractivity contribution in [2.75, 3.05) is 0 Å². The normalized spacial score (nSPS) is 11.3. The average molecular weight is 611 g/mol. The molecule has 2 aromatic heterocycles. The summed E-state index contributed by atoms with van der Waals surface area (Å²) in [6, 6.07) is 56.8. The molecule has 0 bridgehead atoms. The number of benzene rings is 7. The van der Waals surface area contributed by atoms with E-state index in [-0.39, 0.29) is 0 Å². The summed E-state index contributed by atoms with van der Waals surface area (Å²) < 4.78 is 4.52. The molecule has 0 saturated carbocycles. The van der Waals surface area contributed by atoms with Crippen LogP contribution in [0.2, 0.25) is 0 Å². The molecule has 0 aliphatic rings. The predicted molar refractivity (Wildman–Crippen MR) is 197 cm³/mol. The summed E-state index contributed by atoms with van der Waals surface area (Å²) in [4.78, 5) is 3.77. The SMILES string of the molecule is [C-]#[N+]c1ccc(-c2ccc(-c3ccc(-n4c5ccccc5c5ccccc54)cc3)cc2)c(-n2c3ccccc3c3c(C#N)cccc32)c1. The van der Waals surface area contributed by atoms with E-state index in [1.165, 1.54) is 21.8 Å². The molecule has 9 rings (SSSR count). The standard InChI is InChI=1S/C44H26N4/c1-46-33-23-26-35(43(27-33)48-41-15-7-4-12-38(41)44-32(28-45)9-8-16-42(44)48)31-19-17-29(18-20-31)30-21-24-34(25-22-30)47-39-13-5-2-10-36(39)37-11-3-6-14-40(37)47/h2-27H. The van der Waals surface area contributed by atoms with Crippen LogP contribution in [0.25, 0.3) is 82.1 Å². The van der Waals surface area contributed by atoms with Gasteiger partial charge in [0.2, 0.25) is 0 Å². The summed E-state index contributed by atoms with van der Waals surface area (Å²) in [5.74, 6) is 0. The van der Waals surface area contributed by atoms with Crippen molar-refractivity contribution in [1.82, 2.24) is 9.13 Å². The van der Waals surface area contributed by atoms with E-state index in [1.54, 1.807) is 0 Å². The first-order valence-electron chi connectivity index (χ1n) is 15.9. The molecule has 4 heteroatoms. The lowest BCUT2D eigenvalue weighted by Gasteiger charge is -2.15. The van der Waals surface area contributed by atoms with Gasteiger partial charge in [-0.3, -0.25) is 0 Å². The highest BCUT2D eigenvalue weighted by Gasteiger charge is 2.18. The monoisotopic (exact) mass is 610 g/mol. The van der Waals surface area contributed by atoms with E-state index in [0.717, 1.165) is 55.4 Å². The Balaban J connectivity index is 1.13. The number of fused-ring (bicyclic) bond motifs is 6. The third kappa shape index (κ3) is 4.14. The van der Waals surface area contributed by atoms with E-state index in [2.05, 4.69) is 135 Å². The van der Waals surface area contributed by atoms with Crippen LogP contribution < -0.4 is 0 Å². The third-order valence-electron chi connectivity index (χ3n) is 9.40. The Morgan fingerprint density at radius 3 is 1.67 bits per heavy atom. The minimum absolute atomic E-state index is 0.566. The molecule has 0 N–H and O–H groups in total. The number of para-hydroxylation sites is 3. The molecule has 2 heterocycles. The van der Waals surface area contributed by atoms with Gasteiger partial charge in [-0.2, -0.15) is 5.26 Å². The van der Waals surface area contributed by atoms with Crippen LogP contribution in [0.5, 0.6) is 0 Å². The number of rotatable bonds is 4. The maximum Gasteiger partial charge on any atom is 0.189 e. The highest BCUT2D eigenvalue weighted by atomic mass is 15.0. The fourth-order valence-electron chi connectivity index (χ4n) is 7.24. The zero-order valence-corrected chi connectivity index (χ0v) is 25.8. The van der Waals surface area contributed by atoms with Gasteiger partial charge in [0.25, 0.3) is 0 Å². The smallest absolute Gasteiger partial charge is 0.189 e. The van der Waals surface area contributed by atoms with E-state index in [0.29, 0.717) is 11.3 Å². The molecule has 7 aromatic carbocycles. The summed E-state index contributed by atoms with van der Waals surface area (Å²) in [7, 11) is 0.